The van der Waals surface area contributed by atoms with Crippen molar-refractivity contribution in [1.82, 2.24) is 0 Å². The molecule has 0 bridgehead atoms. The molecule has 0 aliphatic rings. The molecule has 0 spiro atoms. The Bertz CT molecular complexity index is 583. The quantitative estimate of drug-likeness (QED) is 0.193. The minimum absolute atomic E-state index is 0.0370. The number of hydrogen-bond acceptors (Lipinski definition) is 4. The maximum atomic E-state index is 10.9. The first-order valence-corrected chi connectivity index (χ1v) is 12.3. The zero-order chi connectivity index (χ0) is 21.4. The fourth-order valence-electron chi connectivity index (χ4n) is 2.88. The molecule has 0 radical (unpaired) electrons. The number of rotatable bonds is 18. The van der Waals surface area contributed by atoms with Crippen LogP contribution in [0.15, 0.2) is 36.9 Å². The monoisotopic (exact) mass is 428 g/mol. The van der Waals surface area contributed by atoms with E-state index in [9.17, 15) is 4.57 Å². The van der Waals surface area contributed by atoms with Crippen LogP contribution < -0.4 is 4.74 Å². The van der Waals surface area contributed by atoms with Crippen LogP contribution in [-0.2, 0) is 20.5 Å². The molecule has 0 aromatic heterocycles. The first kappa shape index (κ1) is 25.9. The minimum Gasteiger partial charge on any atom is -0.491 e. The van der Waals surface area contributed by atoms with E-state index in [1.807, 2.05) is 12.1 Å². The van der Waals surface area contributed by atoms with Gasteiger partial charge in [-0.15, -0.1) is 6.58 Å². The standard InChI is InChI=1S/C22H37O6P/c1-3-5-6-7-8-9-10-11-20-12-14-21(15-13-20)28-18-22(27-16-4-2)17-26-19-29(23,24)25/h4,12-15,22H,2-3,5-11,16-19H2,1H3,(H2,23,24,25). The summed E-state index contributed by atoms with van der Waals surface area (Å²) in [7, 11) is -4.19. The van der Waals surface area contributed by atoms with Crippen molar-refractivity contribution in [1.29, 1.82) is 0 Å². The first-order chi connectivity index (χ1) is 13.9. The second-order valence-electron chi connectivity index (χ2n) is 7.23. The minimum atomic E-state index is -4.19. The van der Waals surface area contributed by atoms with Crippen LogP contribution in [0.5, 0.6) is 5.75 Å². The fourth-order valence-corrected chi connectivity index (χ4v) is 3.22. The third kappa shape index (κ3) is 14.5. The Morgan fingerprint density at radius 3 is 2.31 bits per heavy atom. The molecule has 2 N–H and O–H groups in total. The van der Waals surface area contributed by atoms with Crippen LogP contribution in [-0.4, -0.2) is 42.1 Å². The zero-order valence-electron chi connectivity index (χ0n) is 17.6. The molecule has 0 amide bonds. The van der Waals surface area contributed by atoms with Crippen molar-refractivity contribution in [2.24, 2.45) is 0 Å². The maximum Gasteiger partial charge on any atom is 0.350 e. The van der Waals surface area contributed by atoms with Crippen LogP contribution >= 0.6 is 7.60 Å². The van der Waals surface area contributed by atoms with Crippen LogP contribution in [0.3, 0.4) is 0 Å². The second kappa shape index (κ2) is 15.6. The molecule has 0 aliphatic carbocycles. The van der Waals surface area contributed by atoms with Crippen molar-refractivity contribution in [2.75, 3.05) is 26.2 Å². The summed E-state index contributed by atoms with van der Waals surface area (Å²) in [6, 6.07) is 8.04. The van der Waals surface area contributed by atoms with Crippen LogP contribution in [0.1, 0.15) is 57.4 Å². The van der Waals surface area contributed by atoms with E-state index in [4.69, 9.17) is 24.0 Å². The highest BCUT2D eigenvalue weighted by Gasteiger charge is 2.16. The van der Waals surface area contributed by atoms with Crippen molar-refractivity contribution in [2.45, 2.75) is 64.4 Å². The lowest BCUT2D eigenvalue weighted by Crippen LogP contribution is -2.27. The average Bonchev–Trinajstić information content (AvgIpc) is 2.69. The van der Waals surface area contributed by atoms with E-state index in [0.717, 1.165) is 12.2 Å². The molecule has 6 nitrogen and oxygen atoms in total. The molecule has 29 heavy (non-hydrogen) atoms. The van der Waals surface area contributed by atoms with Crippen molar-refractivity contribution in [3.05, 3.63) is 42.5 Å². The van der Waals surface area contributed by atoms with Crippen LogP contribution in [0.25, 0.3) is 0 Å². The summed E-state index contributed by atoms with van der Waals surface area (Å²) in [4.78, 5) is 17.7. The van der Waals surface area contributed by atoms with Crippen LogP contribution in [0.4, 0.5) is 0 Å². The van der Waals surface area contributed by atoms with Gasteiger partial charge in [-0.3, -0.25) is 4.57 Å². The molecule has 0 fully saturated rings. The smallest absolute Gasteiger partial charge is 0.350 e. The lowest BCUT2D eigenvalue weighted by Gasteiger charge is -2.18. The summed E-state index contributed by atoms with van der Waals surface area (Å²) < 4.78 is 27.2. The van der Waals surface area contributed by atoms with Gasteiger partial charge in [0.15, 0.2) is 0 Å². The highest BCUT2D eigenvalue weighted by atomic mass is 31.2. The van der Waals surface area contributed by atoms with Gasteiger partial charge < -0.3 is 24.0 Å². The molecule has 1 aromatic carbocycles. The Morgan fingerprint density at radius 2 is 1.69 bits per heavy atom. The largest absolute Gasteiger partial charge is 0.491 e. The molecule has 1 rings (SSSR count). The molecule has 0 saturated heterocycles. The Morgan fingerprint density at radius 1 is 1.03 bits per heavy atom. The number of ether oxygens (including phenoxy) is 3. The third-order valence-corrected chi connectivity index (χ3v) is 4.96. The Balaban J connectivity index is 2.31. The molecule has 7 heteroatoms. The molecule has 0 aliphatic heterocycles. The van der Waals surface area contributed by atoms with Crippen LogP contribution in [0, 0.1) is 0 Å². The van der Waals surface area contributed by atoms with E-state index in [2.05, 4.69) is 25.6 Å². The van der Waals surface area contributed by atoms with E-state index in [1.165, 1.54) is 50.5 Å². The normalized spacial score (nSPS) is 12.7. The van der Waals surface area contributed by atoms with E-state index in [1.54, 1.807) is 6.08 Å². The van der Waals surface area contributed by atoms with Crippen molar-refractivity contribution in [3.63, 3.8) is 0 Å². The van der Waals surface area contributed by atoms with Crippen molar-refractivity contribution in [3.8, 4) is 5.75 Å². The van der Waals surface area contributed by atoms with Gasteiger partial charge in [0.1, 0.15) is 24.8 Å². The van der Waals surface area contributed by atoms with E-state index >= 15 is 0 Å². The predicted molar refractivity (Wildman–Crippen MR) is 116 cm³/mol. The van der Waals surface area contributed by atoms with Gasteiger partial charge >= 0.3 is 7.60 Å². The zero-order valence-corrected chi connectivity index (χ0v) is 18.5. The first-order valence-electron chi connectivity index (χ1n) is 10.5. The number of hydrogen-bond donors (Lipinski definition) is 2. The summed E-state index contributed by atoms with van der Waals surface area (Å²) in [5, 5.41) is 0. The summed E-state index contributed by atoms with van der Waals surface area (Å²) in [6.07, 6.45) is 10.7. The number of benzene rings is 1. The number of aryl methyl sites for hydroxylation is 1. The van der Waals surface area contributed by atoms with E-state index in [-0.39, 0.29) is 13.2 Å². The molecule has 166 valence electrons. The number of unbranched alkanes of at least 4 members (excludes halogenated alkanes) is 6. The van der Waals surface area contributed by atoms with E-state index in [0.29, 0.717) is 6.61 Å². The van der Waals surface area contributed by atoms with Crippen LogP contribution in [0.2, 0.25) is 0 Å². The molecule has 1 atom stereocenters. The van der Waals surface area contributed by atoms with Gasteiger partial charge in [-0.2, -0.15) is 0 Å². The molecule has 1 aromatic rings. The maximum absolute atomic E-state index is 10.9. The fraction of sp³-hybridized carbons (Fsp3) is 0.636. The second-order valence-corrected chi connectivity index (χ2v) is 8.82. The highest BCUT2D eigenvalue weighted by molar-refractivity contribution is 7.51. The third-order valence-electron chi connectivity index (χ3n) is 4.44. The van der Waals surface area contributed by atoms with Gasteiger partial charge in [0.2, 0.25) is 0 Å². The molecule has 0 heterocycles. The van der Waals surface area contributed by atoms with Gasteiger partial charge in [-0.05, 0) is 30.5 Å². The Labute approximate surface area is 175 Å². The Hall–Kier alpha value is -1.17. The van der Waals surface area contributed by atoms with Crippen molar-refractivity contribution >= 4 is 7.60 Å². The molecular formula is C22H37O6P. The molecular weight excluding hydrogens is 391 g/mol. The van der Waals surface area contributed by atoms with Gasteiger partial charge in [-0.1, -0.05) is 63.7 Å². The summed E-state index contributed by atoms with van der Waals surface area (Å²) in [6.45, 7) is 6.41. The SMILES string of the molecule is C=CCOC(COCP(=O)(O)O)COc1ccc(CCCCCCCCC)cc1. The predicted octanol–water partition coefficient (Wildman–Crippen LogP) is 5.08. The summed E-state index contributed by atoms with van der Waals surface area (Å²) in [5.74, 6) is 0.732. The topological polar surface area (TPSA) is 85.2 Å². The average molecular weight is 429 g/mol. The van der Waals surface area contributed by atoms with Gasteiger partial charge in [0, 0.05) is 0 Å². The Kier molecular flexibility index (Phi) is 14.0. The van der Waals surface area contributed by atoms with Gasteiger partial charge in [-0.25, -0.2) is 0 Å². The van der Waals surface area contributed by atoms with Crippen molar-refractivity contribution < 1.29 is 28.6 Å². The summed E-state index contributed by atoms with van der Waals surface area (Å²) >= 11 is 0. The molecule has 1 unspecified atom stereocenters. The van der Waals surface area contributed by atoms with Gasteiger partial charge in [0.05, 0.1) is 13.2 Å². The lowest BCUT2D eigenvalue weighted by molar-refractivity contribution is -0.0203. The molecule has 0 saturated carbocycles. The van der Waals surface area contributed by atoms with Gasteiger partial charge in [0.25, 0.3) is 0 Å². The van der Waals surface area contributed by atoms with E-state index < -0.39 is 20.0 Å². The highest BCUT2D eigenvalue weighted by Crippen LogP contribution is 2.33. The summed E-state index contributed by atoms with van der Waals surface area (Å²) in [5.41, 5.74) is 1.30. The lowest BCUT2D eigenvalue weighted by atomic mass is 10.0.